The largest absolute Gasteiger partial charge is 0.333 e. The number of nitrogens with zero attached hydrogens (tertiary/aromatic N) is 1. The number of anilines is 1. The molecule has 1 heterocycles. The molecular formula is C11H16ClN3O. The van der Waals surface area contributed by atoms with Crippen molar-refractivity contribution in [3.63, 3.8) is 0 Å². The Kier molecular flexibility index (Phi) is 4.12. The Bertz CT molecular complexity index is 379. The van der Waals surface area contributed by atoms with Gasteiger partial charge in [0, 0.05) is 17.4 Å². The molecule has 0 bridgehead atoms. The second-order valence-corrected chi connectivity index (χ2v) is 4.57. The van der Waals surface area contributed by atoms with E-state index in [0.29, 0.717) is 10.8 Å². The van der Waals surface area contributed by atoms with Crippen LogP contribution in [0.5, 0.6) is 0 Å². The van der Waals surface area contributed by atoms with Crippen LogP contribution in [0.3, 0.4) is 0 Å². The van der Waals surface area contributed by atoms with Crippen LogP contribution in [0, 0.1) is 0 Å². The Morgan fingerprint density at radius 3 is 2.81 bits per heavy atom. The third kappa shape index (κ3) is 4.06. The molecule has 0 spiro atoms. The van der Waals surface area contributed by atoms with E-state index in [1.54, 1.807) is 18.3 Å². The number of hydrogen-bond acceptors (Lipinski definition) is 2. The highest BCUT2D eigenvalue weighted by Crippen LogP contribution is 2.12. The van der Waals surface area contributed by atoms with E-state index < -0.39 is 0 Å². The molecule has 2 N–H and O–H groups in total. The maximum atomic E-state index is 11.6. The lowest BCUT2D eigenvalue weighted by Gasteiger charge is -2.24. The molecule has 0 saturated carbocycles. The molecule has 4 nitrogen and oxygen atoms in total. The summed E-state index contributed by atoms with van der Waals surface area (Å²) in [7, 11) is 0. The van der Waals surface area contributed by atoms with Crippen molar-refractivity contribution in [2.24, 2.45) is 0 Å². The Morgan fingerprint density at radius 1 is 1.56 bits per heavy atom. The first-order valence-electron chi connectivity index (χ1n) is 5.13. The second kappa shape index (κ2) is 5.16. The van der Waals surface area contributed by atoms with E-state index in [1.165, 1.54) is 0 Å². The van der Waals surface area contributed by atoms with Crippen molar-refractivity contribution in [1.82, 2.24) is 10.3 Å². The predicted molar refractivity (Wildman–Crippen MR) is 65.8 cm³/mol. The maximum Gasteiger partial charge on any atom is 0.319 e. The maximum absolute atomic E-state index is 11.6. The fourth-order valence-corrected chi connectivity index (χ4v) is 1.21. The third-order valence-electron chi connectivity index (χ3n) is 2.32. The van der Waals surface area contributed by atoms with Gasteiger partial charge in [0.1, 0.15) is 5.15 Å². The minimum Gasteiger partial charge on any atom is -0.333 e. The lowest BCUT2D eigenvalue weighted by atomic mass is 10.0. The molecule has 0 saturated heterocycles. The zero-order chi connectivity index (χ0) is 12.2. The molecule has 1 aromatic rings. The summed E-state index contributed by atoms with van der Waals surface area (Å²) in [5, 5.41) is 5.91. The van der Waals surface area contributed by atoms with Gasteiger partial charge >= 0.3 is 6.03 Å². The molecule has 0 radical (unpaired) electrons. The van der Waals surface area contributed by atoms with Gasteiger partial charge in [-0.2, -0.15) is 0 Å². The van der Waals surface area contributed by atoms with Crippen molar-refractivity contribution in [3.8, 4) is 0 Å². The van der Waals surface area contributed by atoms with Gasteiger partial charge in [-0.15, -0.1) is 0 Å². The predicted octanol–water partition coefficient (Wildman–Crippen LogP) is 3.05. The summed E-state index contributed by atoms with van der Waals surface area (Å²) in [6, 6.07) is 3.04. The molecule has 88 valence electrons. The lowest BCUT2D eigenvalue weighted by molar-refractivity contribution is 0.240. The van der Waals surface area contributed by atoms with E-state index >= 15 is 0 Å². The number of pyridine rings is 1. The summed E-state index contributed by atoms with van der Waals surface area (Å²) in [4.78, 5) is 15.4. The molecule has 2 amide bonds. The van der Waals surface area contributed by atoms with Crippen molar-refractivity contribution < 1.29 is 4.79 Å². The fraction of sp³-hybridized carbons (Fsp3) is 0.455. The van der Waals surface area contributed by atoms with E-state index in [0.717, 1.165) is 6.42 Å². The zero-order valence-corrected chi connectivity index (χ0v) is 10.4. The topological polar surface area (TPSA) is 54.0 Å². The number of aromatic nitrogens is 1. The Hall–Kier alpha value is -1.29. The van der Waals surface area contributed by atoms with Gasteiger partial charge in [-0.25, -0.2) is 9.78 Å². The summed E-state index contributed by atoms with van der Waals surface area (Å²) in [5.74, 6) is 0. The first-order chi connectivity index (χ1) is 7.43. The molecule has 0 aliphatic carbocycles. The highest BCUT2D eigenvalue weighted by molar-refractivity contribution is 6.29. The smallest absolute Gasteiger partial charge is 0.319 e. The molecule has 16 heavy (non-hydrogen) atoms. The molecule has 0 aliphatic rings. The molecule has 1 aromatic heterocycles. The molecule has 0 atom stereocenters. The summed E-state index contributed by atoms with van der Waals surface area (Å²) in [5.41, 5.74) is 0.408. The SMILES string of the molecule is CCC(C)(C)NC(=O)Nc1ccnc(Cl)c1. The van der Waals surface area contributed by atoms with Crippen LogP contribution in [-0.4, -0.2) is 16.6 Å². The first-order valence-corrected chi connectivity index (χ1v) is 5.51. The Balaban J connectivity index is 2.59. The van der Waals surface area contributed by atoms with Gasteiger partial charge in [-0.05, 0) is 32.4 Å². The number of rotatable bonds is 3. The number of carbonyl (C=O) groups is 1. The summed E-state index contributed by atoms with van der Waals surface area (Å²) in [6.45, 7) is 5.95. The average Bonchev–Trinajstić information content (AvgIpc) is 2.16. The highest BCUT2D eigenvalue weighted by atomic mass is 35.5. The number of hydrogen-bond donors (Lipinski definition) is 2. The van der Waals surface area contributed by atoms with E-state index in [-0.39, 0.29) is 11.6 Å². The zero-order valence-electron chi connectivity index (χ0n) is 9.67. The van der Waals surface area contributed by atoms with Crippen LogP contribution in [0.15, 0.2) is 18.3 Å². The summed E-state index contributed by atoms with van der Waals surface area (Å²) >= 11 is 5.71. The van der Waals surface area contributed by atoms with Gasteiger partial charge in [0.05, 0.1) is 0 Å². The quantitative estimate of drug-likeness (QED) is 0.800. The van der Waals surface area contributed by atoms with E-state index in [4.69, 9.17) is 11.6 Å². The number of urea groups is 1. The van der Waals surface area contributed by atoms with Gasteiger partial charge in [-0.3, -0.25) is 0 Å². The van der Waals surface area contributed by atoms with Gasteiger partial charge in [0.15, 0.2) is 0 Å². The Morgan fingerprint density at radius 2 is 2.25 bits per heavy atom. The van der Waals surface area contributed by atoms with Crippen molar-refractivity contribution in [2.75, 3.05) is 5.32 Å². The highest BCUT2D eigenvalue weighted by Gasteiger charge is 2.17. The lowest BCUT2D eigenvalue weighted by Crippen LogP contribution is -2.45. The van der Waals surface area contributed by atoms with Crippen LogP contribution in [0.25, 0.3) is 0 Å². The van der Waals surface area contributed by atoms with E-state index in [9.17, 15) is 4.79 Å². The average molecular weight is 242 g/mol. The molecule has 1 rings (SSSR count). The first kappa shape index (κ1) is 12.8. The third-order valence-corrected chi connectivity index (χ3v) is 2.53. The summed E-state index contributed by atoms with van der Waals surface area (Å²) in [6.07, 6.45) is 2.40. The number of nitrogens with one attached hydrogen (secondary N) is 2. The molecule has 0 aliphatic heterocycles. The van der Waals surface area contributed by atoms with Crippen LogP contribution in [0.4, 0.5) is 10.5 Å². The van der Waals surface area contributed by atoms with Crippen LogP contribution in [0.1, 0.15) is 27.2 Å². The normalized spacial score (nSPS) is 11.0. The van der Waals surface area contributed by atoms with E-state index in [1.807, 2.05) is 20.8 Å². The van der Waals surface area contributed by atoms with Crippen LogP contribution in [0.2, 0.25) is 5.15 Å². The van der Waals surface area contributed by atoms with Crippen LogP contribution >= 0.6 is 11.6 Å². The van der Waals surface area contributed by atoms with Crippen LogP contribution in [-0.2, 0) is 0 Å². The van der Waals surface area contributed by atoms with Gasteiger partial charge in [0.2, 0.25) is 0 Å². The molecular weight excluding hydrogens is 226 g/mol. The van der Waals surface area contributed by atoms with Crippen molar-refractivity contribution in [3.05, 3.63) is 23.5 Å². The van der Waals surface area contributed by atoms with Crippen LogP contribution < -0.4 is 10.6 Å². The number of carbonyl (C=O) groups excluding carboxylic acids is 1. The number of amides is 2. The molecule has 0 fully saturated rings. The minimum absolute atomic E-state index is 0.221. The summed E-state index contributed by atoms with van der Waals surface area (Å²) < 4.78 is 0. The minimum atomic E-state index is -0.242. The standard InChI is InChI=1S/C11H16ClN3O/c1-4-11(2,3)15-10(16)14-8-5-6-13-9(12)7-8/h5-7H,4H2,1-3H3,(H2,13,14,15,16). The van der Waals surface area contributed by atoms with Gasteiger partial charge < -0.3 is 10.6 Å². The second-order valence-electron chi connectivity index (χ2n) is 4.18. The number of halogens is 1. The monoisotopic (exact) mass is 241 g/mol. The van der Waals surface area contributed by atoms with Crippen molar-refractivity contribution in [2.45, 2.75) is 32.7 Å². The molecule has 0 unspecified atom stereocenters. The Labute approximate surface area is 100 Å². The van der Waals surface area contributed by atoms with E-state index in [2.05, 4.69) is 15.6 Å². The fourth-order valence-electron chi connectivity index (χ4n) is 1.04. The van der Waals surface area contributed by atoms with Crippen molar-refractivity contribution >= 4 is 23.3 Å². The van der Waals surface area contributed by atoms with Gasteiger partial charge in [-0.1, -0.05) is 18.5 Å². The van der Waals surface area contributed by atoms with Crippen molar-refractivity contribution in [1.29, 1.82) is 0 Å². The van der Waals surface area contributed by atoms with Gasteiger partial charge in [0.25, 0.3) is 0 Å². The molecule has 0 aromatic carbocycles. The molecule has 5 heteroatoms.